The van der Waals surface area contributed by atoms with E-state index in [2.05, 4.69) is 91.4 Å². The van der Waals surface area contributed by atoms with E-state index in [0.29, 0.717) is 12.1 Å². The van der Waals surface area contributed by atoms with Crippen LogP contribution in [0.4, 0.5) is 0 Å². The summed E-state index contributed by atoms with van der Waals surface area (Å²) < 4.78 is 2.29. The second-order valence-electron chi connectivity index (χ2n) is 6.86. The van der Waals surface area contributed by atoms with Crippen LogP contribution in [-0.4, -0.2) is 17.0 Å². The van der Waals surface area contributed by atoms with Crippen LogP contribution in [-0.2, 0) is 6.54 Å². The number of hydrogen-bond acceptors (Lipinski definition) is 1. The van der Waals surface area contributed by atoms with Gasteiger partial charge in [0, 0.05) is 27.6 Å². The van der Waals surface area contributed by atoms with Crippen LogP contribution in [0.5, 0.6) is 0 Å². The highest BCUT2D eigenvalue weighted by molar-refractivity contribution is 9.11. The summed E-state index contributed by atoms with van der Waals surface area (Å²) in [4.78, 5) is 2.72. The summed E-state index contributed by atoms with van der Waals surface area (Å²) >= 11 is 7.26. The van der Waals surface area contributed by atoms with Crippen LogP contribution in [0.15, 0.2) is 63.6 Å². The maximum absolute atomic E-state index is 3.63. The number of rotatable bonds is 3. The lowest BCUT2D eigenvalue weighted by molar-refractivity contribution is 0.0951. The lowest BCUT2D eigenvalue weighted by Gasteiger charge is -2.45. The first kappa shape index (κ1) is 16.6. The van der Waals surface area contributed by atoms with Gasteiger partial charge in [-0.1, -0.05) is 74.7 Å². The van der Waals surface area contributed by atoms with Gasteiger partial charge in [0.25, 0.3) is 0 Å². The summed E-state index contributed by atoms with van der Waals surface area (Å²) in [6.45, 7) is 1.07. The van der Waals surface area contributed by atoms with Crippen LogP contribution in [0.25, 0.3) is 5.57 Å². The Morgan fingerprint density at radius 1 is 0.958 bits per heavy atom. The Balaban J connectivity index is 1.62. The fourth-order valence-electron chi connectivity index (χ4n) is 4.11. The van der Waals surface area contributed by atoms with E-state index in [0.717, 1.165) is 21.9 Å². The monoisotopic (exact) mass is 445 g/mol. The molecular weight excluding hydrogens is 426 g/mol. The Kier molecular flexibility index (Phi) is 4.93. The molecule has 0 saturated carbocycles. The largest absolute Gasteiger partial charge is 0.289 e. The van der Waals surface area contributed by atoms with Crippen molar-refractivity contribution in [2.75, 3.05) is 0 Å². The van der Waals surface area contributed by atoms with Crippen molar-refractivity contribution >= 4 is 37.4 Å². The summed E-state index contributed by atoms with van der Waals surface area (Å²) in [6.07, 6.45) is 7.63. The van der Waals surface area contributed by atoms with Crippen molar-refractivity contribution in [3.8, 4) is 0 Å². The maximum atomic E-state index is 3.63. The van der Waals surface area contributed by atoms with Gasteiger partial charge in [-0.3, -0.25) is 4.90 Å². The second-order valence-corrected chi connectivity index (χ2v) is 8.70. The second kappa shape index (κ2) is 7.15. The molecule has 1 fully saturated rings. The van der Waals surface area contributed by atoms with Gasteiger partial charge in [-0.05, 0) is 54.2 Å². The molecule has 4 rings (SSSR count). The summed E-state index contributed by atoms with van der Waals surface area (Å²) in [5.74, 6) is 0. The molecule has 0 aromatic heterocycles. The van der Waals surface area contributed by atoms with Crippen LogP contribution in [0.2, 0.25) is 0 Å². The molecule has 124 valence electrons. The fourth-order valence-corrected chi connectivity index (χ4v) is 5.41. The van der Waals surface area contributed by atoms with E-state index >= 15 is 0 Å². The maximum Gasteiger partial charge on any atom is 0.0290 e. The molecule has 2 heterocycles. The van der Waals surface area contributed by atoms with Crippen molar-refractivity contribution in [2.45, 2.75) is 44.3 Å². The molecule has 2 bridgehead atoms. The molecule has 0 radical (unpaired) electrons. The number of hydrogen-bond donors (Lipinski definition) is 0. The van der Waals surface area contributed by atoms with Crippen LogP contribution < -0.4 is 0 Å². The molecule has 2 atom stereocenters. The molecule has 2 aliphatic rings. The highest BCUT2D eigenvalue weighted by atomic mass is 79.9. The van der Waals surface area contributed by atoms with Gasteiger partial charge in [-0.15, -0.1) is 0 Å². The third-order valence-electron chi connectivity index (χ3n) is 5.22. The molecule has 0 amide bonds. The van der Waals surface area contributed by atoms with E-state index in [9.17, 15) is 0 Å². The standard InChI is InChI=1S/C21H21Br2N/c22-18-9-16(10-19(23)13-18)17-11-20-7-4-8-21(12-17)24(20)14-15-5-2-1-3-6-15/h1-3,5-6,9-11,13,20-21H,4,7-8,12,14H2. The van der Waals surface area contributed by atoms with Crippen molar-refractivity contribution < 1.29 is 0 Å². The van der Waals surface area contributed by atoms with E-state index in [-0.39, 0.29) is 0 Å². The predicted octanol–water partition coefficient (Wildman–Crippen LogP) is 6.42. The van der Waals surface area contributed by atoms with Gasteiger partial charge in [0.05, 0.1) is 0 Å². The Morgan fingerprint density at radius 3 is 2.42 bits per heavy atom. The van der Waals surface area contributed by atoms with Crippen molar-refractivity contribution in [3.63, 3.8) is 0 Å². The van der Waals surface area contributed by atoms with E-state index in [4.69, 9.17) is 0 Å². The Bertz CT molecular complexity index is 733. The highest BCUT2D eigenvalue weighted by Gasteiger charge is 2.34. The molecule has 3 heteroatoms. The fraction of sp³-hybridized carbons (Fsp3) is 0.333. The molecule has 0 spiro atoms. The van der Waals surface area contributed by atoms with Crippen LogP contribution in [0.3, 0.4) is 0 Å². The molecular formula is C21H21Br2N. The molecule has 1 saturated heterocycles. The predicted molar refractivity (Wildman–Crippen MR) is 108 cm³/mol. The van der Waals surface area contributed by atoms with Crippen molar-refractivity contribution in [1.29, 1.82) is 0 Å². The van der Waals surface area contributed by atoms with Crippen molar-refractivity contribution in [1.82, 2.24) is 4.90 Å². The van der Waals surface area contributed by atoms with E-state index < -0.39 is 0 Å². The minimum absolute atomic E-state index is 0.575. The van der Waals surface area contributed by atoms with Gasteiger partial charge < -0.3 is 0 Å². The number of piperidine rings is 1. The molecule has 24 heavy (non-hydrogen) atoms. The van der Waals surface area contributed by atoms with Gasteiger partial charge in [-0.2, -0.15) is 0 Å². The minimum atomic E-state index is 0.575. The summed E-state index contributed by atoms with van der Waals surface area (Å²) in [5, 5.41) is 0. The van der Waals surface area contributed by atoms with Crippen LogP contribution in [0.1, 0.15) is 36.8 Å². The first-order valence-electron chi connectivity index (χ1n) is 8.66. The highest BCUT2D eigenvalue weighted by Crippen LogP contribution is 2.39. The topological polar surface area (TPSA) is 3.24 Å². The Labute approximate surface area is 161 Å². The summed E-state index contributed by atoms with van der Waals surface area (Å²) in [6, 6.07) is 18.7. The third-order valence-corrected chi connectivity index (χ3v) is 6.14. The molecule has 1 nitrogen and oxygen atoms in total. The normalized spacial score (nSPS) is 23.8. The third kappa shape index (κ3) is 3.54. The van der Waals surface area contributed by atoms with Crippen LogP contribution >= 0.6 is 31.9 Å². The lowest BCUT2D eigenvalue weighted by Crippen LogP contribution is -2.47. The number of benzene rings is 2. The van der Waals surface area contributed by atoms with Gasteiger partial charge >= 0.3 is 0 Å². The number of fused-ring (bicyclic) bond motifs is 2. The molecule has 0 aliphatic carbocycles. The van der Waals surface area contributed by atoms with E-state index in [1.807, 2.05) is 0 Å². The van der Waals surface area contributed by atoms with Crippen LogP contribution in [0, 0.1) is 0 Å². The van der Waals surface area contributed by atoms with Gasteiger partial charge in [0.15, 0.2) is 0 Å². The zero-order valence-corrected chi connectivity index (χ0v) is 16.8. The van der Waals surface area contributed by atoms with Gasteiger partial charge in [0.1, 0.15) is 0 Å². The van der Waals surface area contributed by atoms with E-state index in [1.54, 1.807) is 0 Å². The number of halogens is 2. The Hall–Kier alpha value is -0.900. The quantitative estimate of drug-likeness (QED) is 0.525. The zero-order chi connectivity index (χ0) is 16.5. The smallest absolute Gasteiger partial charge is 0.0290 e. The zero-order valence-electron chi connectivity index (χ0n) is 13.6. The molecule has 2 aromatic rings. The molecule has 2 aromatic carbocycles. The average Bonchev–Trinajstić information content (AvgIpc) is 2.54. The molecule has 2 unspecified atom stereocenters. The molecule has 2 aliphatic heterocycles. The minimum Gasteiger partial charge on any atom is -0.289 e. The van der Waals surface area contributed by atoms with Gasteiger partial charge in [0.2, 0.25) is 0 Å². The summed E-state index contributed by atoms with van der Waals surface area (Å²) in [7, 11) is 0. The van der Waals surface area contributed by atoms with Gasteiger partial charge in [-0.25, -0.2) is 0 Å². The summed E-state index contributed by atoms with van der Waals surface area (Å²) in [5.41, 5.74) is 4.29. The number of nitrogens with zero attached hydrogens (tertiary/aromatic N) is 1. The van der Waals surface area contributed by atoms with E-state index in [1.165, 1.54) is 36.0 Å². The SMILES string of the molecule is Brc1cc(Br)cc(C2=CC3CCCC(C2)N3Cc2ccccc2)c1. The van der Waals surface area contributed by atoms with Crippen molar-refractivity contribution in [2.24, 2.45) is 0 Å². The lowest BCUT2D eigenvalue weighted by atomic mass is 9.82. The average molecular weight is 447 g/mol. The first-order chi connectivity index (χ1) is 11.7. The Morgan fingerprint density at radius 2 is 1.71 bits per heavy atom. The first-order valence-corrected chi connectivity index (χ1v) is 10.2. The van der Waals surface area contributed by atoms with Crippen molar-refractivity contribution in [3.05, 3.63) is 74.7 Å². The molecule has 0 N–H and O–H groups in total.